The van der Waals surface area contributed by atoms with Crippen LogP contribution in [0.1, 0.15) is 28.3 Å². The molecule has 0 saturated heterocycles. The summed E-state index contributed by atoms with van der Waals surface area (Å²) >= 11 is 0. The third-order valence-corrected chi connectivity index (χ3v) is 5.48. The first-order valence-corrected chi connectivity index (χ1v) is 8.57. The van der Waals surface area contributed by atoms with Crippen molar-refractivity contribution in [1.82, 2.24) is 0 Å². The van der Waals surface area contributed by atoms with Crippen molar-refractivity contribution in [1.29, 1.82) is 0 Å². The topological polar surface area (TPSA) is 60.2 Å². The van der Waals surface area contributed by atoms with Gasteiger partial charge >= 0.3 is 0 Å². The zero-order valence-corrected chi connectivity index (χ0v) is 13.4. The van der Waals surface area contributed by atoms with Crippen molar-refractivity contribution >= 4 is 9.84 Å². The van der Waals surface area contributed by atoms with Crippen LogP contribution in [0.4, 0.5) is 0 Å². The minimum atomic E-state index is -3.38. The smallest absolute Gasteiger partial charge is 0.180 e. The van der Waals surface area contributed by atoms with E-state index in [2.05, 4.69) is 0 Å². The van der Waals surface area contributed by atoms with Crippen molar-refractivity contribution in [3.63, 3.8) is 0 Å². The first-order chi connectivity index (χ1) is 9.79. The van der Waals surface area contributed by atoms with E-state index >= 15 is 0 Å². The van der Waals surface area contributed by atoms with E-state index in [0.29, 0.717) is 4.90 Å². The number of benzene rings is 2. The molecule has 1 unspecified atom stereocenters. The lowest BCUT2D eigenvalue weighted by molar-refractivity contribution is 0.588. The van der Waals surface area contributed by atoms with Gasteiger partial charge in [-0.05, 0) is 55.2 Å². The lowest BCUT2D eigenvalue weighted by atomic mass is 10.0. The number of aryl methyl sites for hydroxylation is 3. The fourth-order valence-corrected chi connectivity index (χ4v) is 3.74. The normalized spacial score (nSPS) is 13.1. The van der Waals surface area contributed by atoms with E-state index in [9.17, 15) is 8.42 Å². The lowest BCUT2D eigenvalue weighted by Crippen LogP contribution is -2.22. The summed E-state index contributed by atoms with van der Waals surface area (Å²) in [6, 6.07) is 12.3. The Morgan fingerprint density at radius 2 is 1.71 bits per heavy atom. The molecule has 0 aliphatic heterocycles. The van der Waals surface area contributed by atoms with Gasteiger partial charge in [-0.15, -0.1) is 0 Å². The molecule has 0 heterocycles. The molecule has 2 aromatic rings. The molecule has 3 nitrogen and oxygen atoms in total. The van der Waals surface area contributed by atoms with E-state index in [-0.39, 0.29) is 5.75 Å². The summed E-state index contributed by atoms with van der Waals surface area (Å²) in [7, 11) is -3.38. The molecule has 0 fully saturated rings. The van der Waals surface area contributed by atoms with Gasteiger partial charge in [0.15, 0.2) is 9.84 Å². The maximum absolute atomic E-state index is 12.4. The zero-order chi connectivity index (χ0) is 15.6. The molecule has 0 aliphatic rings. The molecule has 0 amide bonds. The molecule has 4 heteroatoms. The third-order valence-electron chi connectivity index (χ3n) is 3.71. The molecule has 2 rings (SSSR count). The summed E-state index contributed by atoms with van der Waals surface area (Å²) < 4.78 is 24.9. The Balaban J connectivity index is 2.25. The minimum Gasteiger partial charge on any atom is -0.323 e. The highest BCUT2D eigenvalue weighted by molar-refractivity contribution is 7.91. The molecule has 2 N–H and O–H groups in total. The SMILES string of the molecule is Cc1cccc(S(=O)(=O)CC(N)c2ccc(C)c(C)c2)c1. The first-order valence-electron chi connectivity index (χ1n) is 6.92. The maximum atomic E-state index is 12.4. The van der Waals surface area contributed by atoms with Gasteiger partial charge in [-0.2, -0.15) is 0 Å². The van der Waals surface area contributed by atoms with Crippen LogP contribution in [0.2, 0.25) is 0 Å². The van der Waals surface area contributed by atoms with Gasteiger partial charge in [0.2, 0.25) is 0 Å². The van der Waals surface area contributed by atoms with E-state index in [1.165, 1.54) is 5.56 Å². The number of rotatable bonds is 4. The monoisotopic (exact) mass is 303 g/mol. The Labute approximate surface area is 126 Å². The van der Waals surface area contributed by atoms with Gasteiger partial charge < -0.3 is 5.73 Å². The number of hydrogen-bond donors (Lipinski definition) is 1. The lowest BCUT2D eigenvalue weighted by Gasteiger charge is -2.14. The van der Waals surface area contributed by atoms with Gasteiger partial charge in [-0.1, -0.05) is 30.3 Å². The van der Waals surface area contributed by atoms with Crippen LogP contribution in [0.5, 0.6) is 0 Å². The van der Waals surface area contributed by atoms with E-state index in [0.717, 1.165) is 16.7 Å². The summed E-state index contributed by atoms with van der Waals surface area (Å²) in [5.41, 5.74) is 10.2. The molecular weight excluding hydrogens is 282 g/mol. The van der Waals surface area contributed by atoms with Crippen LogP contribution in [0.3, 0.4) is 0 Å². The van der Waals surface area contributed by atoms with E-state index in [4.69, 9.17) is 5.73 Å². The molecule has 0 aromatic heterocycles. The summed E-state index contributed by atoms with van der Waals surface area (Å²) in [5.74, 6) is -0.0844. The summed E-state index contributed by atoms with van der Waals surface area (Å²) in [5, 5.41) is 0. The zero-order valence-electron chi connectivity index (χ0n) is 12.6. The van der Waals surface area contributed by atoms with Gasteiger partial charge in [0.25, 0.3) is 0 Å². The van der Waals surface area contributed by atoms with Crippen molar-refractivity contribution in [2.75, 3.05) is 5.75 Å². The molecule has 0 spiro atoms. The molecule has 1 atom stereocenters. The summed E-state index contributed by atoms with van der Waals surface area (Å²) in [6.07, 6.45) is 0. The predicted octanol–water partition coefficient (Wildman–Crippen LogP) is 3.09. The van der Waals surface area contributed by atoms with Crippen LogP contribution in [0.25, 0.3) is 0 Å². The number of hydrogen-bond acceptors (Lipinski definition) is 3. The second-order valence-electron chi connectivity index (χ2n) is 5.55. The number of sulfone groups is 1. The van der Waals surface area contributed by atoms with Gasteiger partial charge in [0, 0.05) is 6.04 Å². The third kappa shape index (κ3) is 3.71. The molecule has 112 valence electrons. The van der Waals surface area contributed by atoms with E-state index in [1.807, 2.05) is 45.0 Å². The number of nitrogens with two attached hydrogens (primary N) is 1. The summed E-state index contributed by atoms with van der Waals surface area (Å²) in [4.78, 5) is 0.335. The molecule has 21 heavy (non-hydrogen) atoms. The highest BCUT2D eigenvalue weighted by Gasteiger charge is 2.20. The van der Waals surface area contributed by atoms with Gasteiger partial charge in [0.05, 0.1) is 10.6 Å². The molecule has 0 radical (unpaired) electrons. The van der Waals surface area contributed by atoms with Gasteiger partial charge in [-0.3, -0.25) is 0 Å². The van der Waals surface area contributed by atoms with Crippen molar-refractivity contribution in [2.24, 2.45) is 5.73 Å². The van der Waals surface area contributed by atoms with Crippen molar-refractivity contribution in [3.8, 4) is 0 Å². The Morgan fingerprint density at radius 1 is 1.00 bits per heavy atom. The van der Waals surface area contributed by atoms with Crippen LogP contribution in [-0.4, -0.2) is 14.2 Å². The average molecular weight is 303 g/mol. The molecule has 2 aromatic carbocycles. The Morgan fingerprint density at radius 3 is 2.33 bits per heavy atom. The van der Waals surface area contributed by atoms with Gasteiger partial charge in [0.1, 0.15) is 0 Å². The van der Waals surface area contributed by atoms with E-state index < -0.39 is 15.9 Å². The molecule has 0 bridgehead atoms. The second-order valence-corrected chi connectivity index (χ2v) is 7.58. The minimum absolute atomic E-state index is 0.0844. The van der Waals surface area contributed by atoms with Gasteiger partial charge in [-0.25, -0.2) is 8.42 Å². The van der Waals surface area contributed by atoms with Crippen LogP contribution >= 0.6 is 0 Å². The first kappa shape index (κ1) is 15.7. The Kier molecular flexibility index (Phi) is 4.49. The molecule has 0 saturated carbocycles. The largest absolute Gasteiger partial charge is 0.323 e. The Hall–Kier alpha value is -1.65. The van der Waals surface area contributed by atoms with E-state index in [1.54, 1.807) is 18.2 Å². The fourth-order valence-electron chi connectivity index (χ4n) is 2.23. The van der Waals surface area contributed by atoms with Crippen molar-refractivity contribution < 1.29 is 8.42 Å². The highest BCUT2D eigenvalue weighted by atomic mass is 32.2. The Bertz CT molecular complexity index is 751. The van der Waals surface area contributed by atoms with Crippen LogP contribution in [0, 0.1) is 20.8 Å². The quantitative estimate of drug-likeness (QED) is 0.944. The fraction of sp³-hybridized carbons (Fsp3) is 0.294. The highest BCUT2D eigenvalue weighted by Crippen LogP contribution is 2.21. The van der Waals surface area contributed by atoms with Crippen molar-refractivity contribution in [3.05, 3.63) is 64.7 Å². The predicted molar refractivity (Wildman–Crippen MR) is 86.1 cm³/mol. The molecular formula is C17H21NO2S. The van der Waals surface area contributed by atoms with Crippen LogP contribution in [0.15, 0.2) is 47.4 Å². The second kappa shape index (κ2) is 6.00. The maximum Gasteiger partial charge on any atom is 0.180 e. The van der Waals surface area contributed by atoms with Crippen LogP contribution in [-0.2, 0) is 9.84 Å². The molecule has 0 aliphatic carbocycles. The van der Waals surface area contributed by atoms with Crippen molar-refractivity contribution in [2.45, 2.75) is 31.7 Å². The average Bonchev–Trinajstić information content (AvgIpc) is 2.41. The van der Waals surface area contributed by atoms with Crippen LogP contribution < -0.4 is 5.73 Å². The summed E-state index contributed by atoms with van der Waals surface area (Å²) in [6.45, 7) is 5.90. The standard InChI is InChI=1S/C17H21NO2S/c1-12-5-4-6-16(9-12)21(19,20)11-17(18)15-8-7-13(2)14(3)10-15/h4-10,17H,11,18H2,1-3H3.